The molecule has 1 amide bonds. The molecule has 4 rings (SSSR count). The fourth-order valence-corrected chi connectivity index (χ4v) is 6.44. The molecule has 0 atom stereocenters. The summed E-state index contributed by atoms with van der Waals surface area (Å²) < 4.78 is 6.44. The lowest BCUT2D eigenvalue weighted by atomic mass is 10.0. The molecule has 0 saturated carbocycles. The number of amides is 1. The van der Waals surface area contributed by atoms with Crippen molar-refractivity contribution in [2.75, 3.05) is 25.5 Å². The van der Waals surface area contributed by atoms with E-state index in [0.717, 1.165) is 63.3 Å². The van der Waals surface area contributed by atoms with Crippen molar-refractivity contribution in [2.24, 2.45) is 0 Å². The maximum Gasteiger partial charge on any atom is 0.341 e. The number of thiophene rings is 2. The van der Waals surface area contributed by atoms with Crippen molar-refractivity contribution in [2.45, 2.75) is 39.7 Å². The topological polar surface area (TPSA) is 58.6 Å². The van der Waals surface area contributed by atoms with E-state index in [1.54, 1.807) is 6.92 Å². The standard InChI is InChI=1S/C23H26N2O3S2/c1-4-8-15-14-9-6-7-10-17(14)29-20(15)21(26)24-22-19(23(27)28-5-2)16-11-12-25(3)13-18(16)30-22/h6-7,9-10H,4-5,8,11-13H2,1-3H3,(H,24,26). The Hall–Kier alpha value is -2.22. The van der Waals surface area contributed by atoms with Gasteiger partial charge in [0, 0.05) is 22.7 Å². The van der Waals surface area contributed by atoms with Crippen LogP contribution in [0.3, 0.4) is 0 Å². The van der Waals surface area contributed by atoms with E-state index in [0.29, 0.717) is 17.2 Å². The lowest BCUT2D eigenvalue weighted by Crippen LogP contribution is -2.26. The van der Waals surface area contributed by atoms with Crippen molar-refractivity contribution in [3.63, 3.8) is 0 Å². The van der Waals surface area contributed by atoms with Crippen LogP contribution >= 0.6 is 22.7 Å². The monoisotopic (exact) mass is 442 g/mol. The second-order valence-electron chi connectivity index (χ2n) is 7.53. The number of nitrogens with one attached hydrogen (secondary N) is 1. The van der Waals surface area contributed by atoms with Gasteiger partial charge in [0.2, 0.25) is 0 Å². The lowest BCUT2D eigenvalue weighted by molar-refractivity contribution is 0.0526. The predicted molar refractivity (Wildman–Crippen MR) is 124 cm³/mol. The van der Waals surface area contributed by atoms with E-state index in [9.17, 15) is 9.59 Å². The second-order valence-corrected chi connectivity index (χ2v) is 9.68. The molecular formula is C23H26N2O3S2. The van der Waals surface area contributed by atoms with Crippen LogP contribution in [0.4, 0.5) is 5.00 Å². The fourth-order valence-electron chi connectivity index (χ4n) is 3.98. The van der Waals surface area contributed by atoms with Gasteiger partial charge in [0.25, 0.3) is 5.91 Å². The normalized spacial score (nSPS) is 14.0. The van der Waals surface area contributed by atoms with Crippen molar-refractivity contribution in [1.82, 2.24) is 4.90 Å². The van der Waals surface area contributed by atoms with Crippen molar-refractivity contribution < 1.29 is 14.3 Å². The minimum Gasteiger partial charge on any atom is -0.462 e. The minimum absolute atomic E-state index is 0.142. The van der Waals surface area contributed by atoms with Gasteiger partial charge in [-0.05, 0) is 49.4 Å². The first-order chi connectivity index (χ1) is 14.5. The summed E-state index contributed by atoms with van der Waals surface area (Å²) in [4.78, 5) is 30.2. The van der Waals surface area contributed by atoms with Gasteiger partial charge in [-0.1, -0.05) is 31.5 Å². The third-order valence-electron chi connectivity index (χ3n) is 5.36. The quantitative estimate of drug-likeness (QED) is 0.524. The third kappa shape index (κ3) is 3.89. The van der Waals surface area contributed by atoms with Crippen LogP contribution in [0.1, 0.15) is 56.3 Å². The molecule has 0 unspecified atom stereocenters. The maximum absolute atomic E-state index is 13.3. The van der Waals surface area contributed by atoms with Gasteiger partial charge in [-0.3, -0.25) is 4.79 Å². The van der Waals surface area contributed by atoms with Gasteiger partial charge >= 0.3 is 5.97 Å². The highest BCUT2D eigenvalue weighted by Crippen LogP contribution is 2.39. The third-order valence-corrected chi connectivity index (χ3v) is 7.70. The first kappa shape index (κ1) is 21.0. The summed E-state index contributed by atoms with van der Waals surface area (Å²) in [7, 11) is 2.07. The Kier molecular flexibility index (Phi) is 6.22. The van der Waals surface area contributed by atoms with Crippen LogP contribution in [-0.4, -0.2) is 37.0 Å². The van der Waals surface area contributed by atoms with Crippen LogP contribution in [0.15, 0.2) is 24.3 Å². The summed E-state index contributed by atoms with van der Waals surface area (Å²) in [5.41, 5.74) is 2.66. The summed E-state index contributed by atoms with van der Waals surface area (Å²) in [6, 6.07) is 8.15. The number of benzene rings is 1. The van der Waals surface area contributed by atoms with E-state index in [-0.39, 0.29) is 11.9 Å². The Labute approximate surface area is 184 Å². The molecule has 1 aromatic carbocycles. The molecule has 3 heterocycles. The van der Waals surface area contributed by atoms with Crippen LogP contribution in [0, 0.1) is 0 Å². The molecular weight excluding hydrogens is 416 g/mol. The van der Waals surface area contributed by atoms with Crippen LogP contribution in [0.5, 0.6) is 0 Å². The molecule has 0 aliphatic carbocycles. The van der Waals surface area contributed by atoms with E-state index in [1.807, 2.05) is 12.1 Å². The summed E-state index contributed by atoms with van der Waals surface area (Å²) in [6.07, 6.45) is 2.61. The van der Waals surface area contributed by atoms with Crippen LogP contribution < -0.4 is 5.32 Å². The zero-order valence-electron chi connectivity index (χ0n) is 17.5. The molecule has 0 radical (unpaired) electrons. The predicted octanol–water partition coefficient (Wildman–Crippen LogP) is 5.33. The number of likely N-dealkylation sites (N-methyl/N-ethyl adjacent to an activating group) is 1. The number of nitrogens with zero attached hydrogens (tertiary/aromatic N) is 1. The van der Waals surface area contributed by atoms with E-state index in [2.05, 4.69) is 36.3 Å². The fraction of sp³-hybridized carbons (Fsp3) is 0.391. The number of anilines is 1. The number of aryl methyl sites for hydroxylation is 1. The molecule has 7 heteroatoms. The number of carbonyl (C=O) groups excluding carboxylic acids is 2. The van der Waals surface area contributed by atoms with Crippen molar-refractivity contribution >= 4 is 49.6 Å². The summed E-state index contributed by atoms with van der Waals surface area (Å²) in [5, 5.41) is 4.82. The second kappa shape index (κ2) is 8.88. The Bertz CT molecular complexity index is 1100. The van der Waals surface area contributed by atoms with Gasteiger partial charge in [0.05, 0.1) is 17.0 Å². The van der Waals surface area contributed by atoms with Gasteiger partial charge in [0.15, 0.2) is 0 Å². The molecule has 0 fully saturated rings. The van der Waals surface area contributed by atoms with E-state index >= 15 is 0 Å². The first-order valence-electron chi connectivity index (χ1n) is 10.3. The number of hydrogen-bond acceptors (Lipinski definition) is 6. The van der Waals surface area contributed by atoms with E-state index in [4.69, 9.17) is 4.74 Å². The maximum atomic E-state index is 13.3. The smallest absolute Gasteiger partial charge is 0.341 e. The molecule has 1 N–H and O–H groups in total. The number of rotatable bonds is 6. The highest BCUT2D eigenvalue weighted by Gasteiger charge is 2.29. The largest absolute Gasteiger partial charge is 0.462 e. The summed E-state index contributed by atoms with van der Waals surface area (Å²) >= 11 is 3.02. The number of esters is 1. The molecule has 0 spiro atoms. The van der Waals surface area contributed by atoms with Crippen molar-refractivity contribution in [1.29, 1.82) is 0 Å². The Morgan fingerprint density at radius 2 is 2.00 bits per heavy atom. The molecule has 0 bridgehead atoms. The van der Waals surface area contributed by atoms with E-state index in [1.165, 1.54) is 22.7 Å². The first-order valence-corrected chi connectivity index (χ1v) is 12.0. The number of hydrogen-bond donors (Lipinski definition) is 1. The van der Waals surface area contributed by atoms with Crippen molar-refractivity contribution in [3.05, 3.63) is 50.7 Å². The number of ether oxygens (including phenoxy) is 1. The highest BCUT2D eigenvalue weighted by molar-refractivity contribution is 7.21. The average Bonchev–Trinajstić information content (AvgIpc) is 3.26. The Morgan fingerprint density at radius 1 is 1.20 bits per heavy atom. The van der Waals surface area contributed by atoms with Gasteiger partial charge < -0.3 is 15.0 Å². The molecule has 1 aliphatic rings. The van der Waals surface area contributed by atoms with Gasteiger partial charge in [-0.15, -0.1) is 22.7 Å². The number of carbonyl (C=O) groups is 2. The van der Waals surface area contributed by atoms with Gasteiger partial charge in [0.1, 0.15) is 5.00 Å². The molecule has 158 valence electrons. The SMILES string of the molecule is CCCc1c(C(=O)Nc2sc3c(c2C(=O)OCC)CCN(C)C3)sc2ccccc12. The molecule has 2 aromatic heterocycles. The molecule has 0 saturated heterocycles. The molecule has 5 nitrogen and oxygen atoms in total. The summed E-state index contributed by atoms with van der Waals surface area (Å²) in [5.74, 6) is -0.489. The molecule has 30 heavy (non-hydrogen) atoms. The van der Waals surface area contributed by atoms with Crippen LogP contribution in [0.25, 0.3) is 10.1 Å². The van der Waals surface area contributed by atoms with Gasteiger partial charge in [-0.2, -0.15) is 0 Å². The zero-order chi connectivity index (χ0) is 21.3. The van der Waals surface area contributed by atoms with Gasteiger partial charge in [-0.25, -0.2) is 4.79 Å². The molecule has 3 aromatic rings. The Balaban J connectivity index is 1.72. The van der Waals surface area contributed by atoms with Crippen molar-refractivity contribution in [3.8, 4) is 0 Å². The van der Waals surface area contributed by atoms with Crippen LogP contribution in [0.2, 0.25) is 0 Å². The summed E-state index contributed by atoms with van der Waals surface area (Å²) in [6.45, 7) is 5.91. The lowest BCUT2D eigenvalue weighted by Gasteiger charge is -2.22. The van der Waals surface area contributed by atoms with Crippen LogP contribution in [-0.2, 0) is 24.1 Å². The Morgan fingerprint density at radius 3 is 2.77 bits per heavy atom. The highest BCUT2D eigenvalue weighted by atomic mass is 32.1. The number of fused-ring (bicyclic) bond motifs is 2. The average molecular weight is 443 g/mol. The molecule has 1 aliphatic heterocycles. The zero-order valence-corrected chi connectivity index (χ0v) is 19.2. The minimum atomic E-state index is -0.347. The van der Waals surface area contributed by atoms with E-state index < -0.39 is 0 Å².